The number of hydrogen-bond donors (Lipinski definition) is 4. The Morgan fingerprint density at radius 1 is 1.27 bits per heavy atom. The van der Waals surface area contributed by atoms with Gasteiger partial charge >= 0.3 is 5.97 Å². The minimum Gasteiger partial charge on any atom is -0.456 e. The van der Waals surface area contributed by atoms with Crippen LogP contribution in [0.4, 0.5) is 0 Å². The number of hydrogen-bond acceptors (Lipinski definition) is 7. The number of carbonyl (C=O) groups excluding carboxylic acids is 1. The molecule has 7 heteroatoms. The van der Waals surface area contributed by atoms with Gasteiger partial charge in [-0.3, -0.25) is 0 Å². The van der Waals surface area contributed by atoms with Crippen LogP contribution < -0.4 is 0 Å². The van der Waals surface area contributed by atoms with Gasteiger partial charge in [0, 0.05) is 44.3 Å². The quantitative estimate of drug-likeness (QED) is 0.390. The Bertz CT molecular complexity index is 800. The van der Waals surface area contributed by atoms with Crippen molar-refractivity contribution in [3.63, 3.8) is 0 Å². The predicted molar refractivity (Wildman–Crippen MR) is 126 cm³/mol. The van der Waals surface area contributed by atoms with Crippen LogP contribution in [0.25, 0.3) is 0 Å². The summed E-state index contributed by atoms with van der Waals surface area (Å²) in [5.41, 5.74) is 1.76. The Hall–Kier alpha value is -1.77. The third kappa shape index (κ3) is 7.11. The number of rotatable bonds is 5. The number of carbonyl (C=O) groups is 1. The van der Waals surface area contributed by atoms with Gasteiger partial charge in [0.15, 0.2) is 6.10 Å². The molecule has 0 aromatic heterocycles. The van der Waals surface area contributed by atoms with Crippen LogP contribution in [0.3, 0.4) is 0 Å². The lowest BCUT2D eigenvalue weighted by atomic mass is 9.76. The van der Waals surface area contributed by atoms with Gasteiger partial charge in [-0.1, -0.05) is 51.1 Å². The molecule has 2 rings (SSSR count). The van der Waals surface area contributed by atoms with E-state index < -0.39 is 41.9 Å². The van der Waals surface area contributed by atoms with E-state index in [-0.39, 0.29) is 25.4 Å². The Morgan fingerprint density at radius 2 is 1.97 bits per heavy atom. The van der Waals surface area contributed by atoms with Crippen molar-refractivity contribution in [2.45, 2.75) is 89.3 Å². The van der Waals surface area contributed by atoms with Crippen LogP contribution in [0.5, 0.6) is 0 Å². The van der Waals surface area contributed by atoms with Crippen molar-refractivity contribution in [2.75, 3.05) is 13.7 Å². The predicted octanol–water partition coefficient (Wildman–Crippen LogP) is 2.27. The van der Waals surface area contributed by atoms with E-state index in [2.05, 4.69) is 0 Å². The van der Waals surface area contributed by atoms with Crippen molar-refractivity contribution in [3.8, 4) is 0 Å². The number of esters is 1. The molecule has 1 aromatic rings. The molecule has 0 radical (unpaired) electrons. The maximum atomic E-state index is 12.7. The van der Waals surface area contributed by atoms with E-state index in [9.17, 15) is 25.2 Å². The zero-order chi connectivity index (χ0) is 24.8. The molecule has 0 spiro atoms. The molecule has 0 fully saturated rings. The van der Waals surface area contributed by atoms with Crippen molar-refractivity contribution >= 4 is 5.97 Å². The lowest BCUT2D eigenvalue weighted by Crippen LogP contribution is -2.41. The lowest BCUT2D eigenvalue weighted by Gasteiger charge is -2.35. The number of cyclic esters (lactones) is 1. The van der Waals surface area contributed by atoms with Crippen LogP contribution in [0.15, 0.2) is 35.9 Å². The fraction of sp³-hybridized carbons (Fsp3) is 0.654. The first-order chi connectivity index (χ1) is 15.5. The molecule has 1 aliphatic rings. The molecule has 0 saturated heterocycles. The van der Waals surface area contributed by atoms with E-state index in [1.165, 1.54) is 0 Å². The maximum absolute atomic E-state index is 12.7. The average Bonchev–Trinajstić information content (AvgIpc) is 2.79. The number of aliphatic hydroxyl groups is 4. The summed E-state index contributed by atoms with van der Waals surface area (Å²) in [6, 6.07) is 7.46. The minimum absolute atomic E-state index is 0.0335. The SMILES string of the molecule is CC[C@@H](/C=C(/C)C1C[C@@H](OC)C[C@H](O)C(C)(C)c2cccc(c2)C[C@@H](O)[C@H](O)C(=O)O1)CO. The van der Waals surface area contributed by atoms with Gasteiger partial charge in [0.05, 0.1) is 18.3 Å². The van der Waals surface area contributed by atoms with Gasteiger partial charge in [0.1, 0.15) is 6.10 Å². The number of ether oxygens (including phenoxy) is 2. The molecular weight excluding hydrogens is 424 g/mol. The molecule has 7 nitrogen and oxygen atoms in total. The number of benzene rings is 1. The Morgan fingerprint density at radius 3 is 2.58 bits per heavy atom. The van der Waals surface area contributed by atoms with Crippen LogP contribution in [-0.2, 0) is 26.1 Å². The summed E-state index contributed by atoms with van der Waals surface area (Å²) in [5, 5.41) is 41.7. The van der Waals surface area contributed by atoms with Gasteiger partial charge in [-0.05, 0) is 30.0 Å². The van der Waals surface area contributed by atoms with Gasteiger partial charge in [-0.15, -0.1) is 0 Å². The summed E-state index contributed by atoms with van der Waals surface area (Å²) in [6.45, 7) is 7.64. The molecule has 4 N–H and O–H groups in total. The molecule has 6 atom stereocenters. The van der Waals surface area contributed by atoms with Gasteiger partial charge in [0.2, 0.25) is 0 Å². The van der Waals surface area contributed by atoms with Gasteiger partial charge in [0.25, 0.3) is 0 Å². The Balaban J connectivity index is 2.46. The molecule has 0 amide bonds. The van der Waals surface area contributed by atoms with Crippen LogP contribution in [-0.4, -0.2) is 70.6 Å². The Labute approximate surface area is 197 Å². The second kappa shape index (κ2) is 12.1. The van der Waals surface area contributed by atoms with Crippen LogP contribution in [0, 0.1) is 5.92 Å². The third-order valence-electron chi connectivity index (χ3n) is 6.88. The Kier molecular flexibility index (Phi) is 10.1. The van der Waals surface area contributed by atoms with Crippen molar-refractivity contribution in [3.05, 3.63) is 47.0 Å². The molecule has 2 bridgehead atoms. The molecule has 33 heavy (non-hydrogen) atoms. The standard InChI is InChI=1S/C26H40O7/c1-6-17(15-27)10-16(2)22-13-20(32-5)14-23(29)26(3,4)19-9-7-8-18(11-19)12-21(28)24(30)25(31)33-22/h7-11,17,20-24,27-30H,6,12-15H2,1-5H3/b16-10-/t17-,20+,21+,22?,23-,24-/m0/s1. The van der Waals surface area contributed by atoms with Crippen molar-refractivity contribution in [1.29, 1.82) is 0 Å². The van der Waals surface area contributed by atoms with Gasteiger partial charge in [-0.2, -0.15) is 0 Å². The fourth-order valence-electron chi connectivity index (χ4n) is 4.19. The van der Waals surface area contributed by atoms with Crippen LogP contribution >= 0.6 is 0 Å². The van der Waals surface area contributed by atoms with Gasteiger partial charge < -0.3 is 29.9 Å². The highest BCUT2D eigenvalue weighted by Gasteiger charge is 2.35. The molecule has 1 heterocycles. The molecule has 0 aliphatic carbocycles. The first-order valence-electron chi connectivity index (χ1n) is 11.7. The fourth-order valence-corrected chi connectivity index (χ4v) is 4.19. The molecular formula is C26H40O7. The smallest absolute Gasteiger partial charge is 0.338 e. The lowest BCUT2D eigenvalue weighted by molar-refractivity contribution is -0.165. The van der Waals surface area contributed by atoms with Gasteiger partial charge in [-0.25, -0.2) is 4.79 Å². The number of aliphatic hydroxyl groups excluding tert-OH is 4. The molecule has 0 saturated carbocycles. The second-order valence-electron chi connectivity index (χ2n) is 9.67. The first kappa shape index (κ1) is 27.5. The summed E-state index contributed by atoms with van der Waals surface area (Å²) >= 11 is 0. The van der Waals surface area contributed by atoms with Crippen molar-refractivity contribution in [2.24, 2.45) is 5.92 Å². The zero-order valence-corrected chi connectivity index (χ0v) is 20.4. The highest BCUT2D eigenvalue weighted by molar-refractivity contribution is 5.75. The summed E-state index contributed by atoms with van der Waals surface area (Å²) in [5.74, 6) is -1.01. The molecule has 1 aromatic carbocycles. The van der Waals surface area contributed by atoms with Crippen LogP contribution in [0.2, 0.25) is 0 Å². The molecule has 186 valence electrons. The van der Waals surface area contributed by atoms with E-state index in [0.29, 0.717) is 12.8 Å². The average molecular weight is 465 g/mol. The van der Waals surface area contributed by atoms with E-state index in [4.69, 9.17) is 9.47 Å². The second-order valence-corrected chi connectivity index (χ2v) is 9.67. The summed E-state index contributed by atoms with van der Waals surface area (Å²) < 4.78 is 11.3. The highest BCUT2D eigenvalue weighted by Crippen LogP contribution is 2.32. The topological polar surface area (TPSA) is 116 Å². The molecule has 1 aliphatic heterocycles. The van der Waals surface area contributed by atoms with E-state index in [0.717, 1.165) is 16.7 Å². The summed E-state index contributed by atoms with van der Waals surface area (Å²) in [7, 11) is 1.55. The van der Waals surface area contributed by atoms with Crippen LogP contribution in [0.1, 0.15) is 58.1 Å². The molecule has 1 unspecified atom stereocenters. The highest BCUT2D eigenvalue weighted by atomic mass is 16.6. The first-order valence-corrected chi connectivity index (χ1v) is 11.7. The van der Waals surface area contributed by atoms with Crippen molar-refractivity contribution < 1.29 is 34.7 Å². The number of methoxy groups -OCH3 is 1. The minimum atomic E-state index is -1.70. The van der Waals surface area contributed by atoms with E-state index >= 15 is 0 Å². The normalized spacial score (nSPS) is 30.3. The maximum Gasteiger partial charge on any atom is 0.338 e. The summed E-state index contributed by atoms with van der Waals surface area (Å²) in [4.78, 5) is 12.7. The van der Waals surface area contributed by atoms with Crippen molar-refractivity contribution in [1.82, 2.24) is 0 Å². The monoisotopic (exact) mass is 464 g/mol. The zero-order valence-electron chi connectivity index (χ0n) is 20.4. The van der Waals surface area contributed by atoms with E-state index in [1.54, 1.807) is 14.0 Å². The third-order valence-corrected chi connectivity index (χ3v) is 6.88. The largest absolute Gasteiger partial charge is 0.456 e. The van der Waals surface area contributed by atoms with E-state index in [1.807, 2.05) is 51.1 Å². The number of fused-ring (bicyclic) bond motifs is 2. The summed E-state index contributed by atoms with van der Waals surface area (Å²) in [6.07, 6.45) is -1.71.